The quantitative estimate of drug-likeness (QED) is 0.647. The standard InChI is InChI=1S/C13H17FN2O3/c1-3-16(8-12(17)19-4-2)13(18)10-6-5-9(15)7-11(10)14/h5-7H,3-4,8,15H2,1-2H3. The van der Waals surface area contributed by atoms with E-state index in [1.165, 1.54) is 17.0 Å². The van der Waals surface area contributed by atoms with Gasteiger partial charge in [-0.25, -0.2) is 4.39 Å². The van der Waals surface area contributed by atoms with Gasteiger partial charge >= 0.3 is 5.97 Å². The number of halogens is 1. The summed E-state index contributed by atoms with van der Waals surface area (Å²) in [5, 5.41) is 0. The van der Waals surface area contributed by atoms with Crippen LogP contribution in [0.25, 0.3) is 0 Å². The van der Waals surface area contributed by atoms with Crippen molar-refractivity contribution in [1.29, 1.82) is 0 Å². The van der Waals surface area contributed by atoms with Crippen LogP contribution in [-0.4, -0.2) is 36.5 Å². The van der Waals surface area contributed by atoms with Gasteiger partial charge < -0.3 is 15.4 Å². The van der Waals surface area contributed by atoms with Crippen molar-refractivity contribution in [3.8, 4) is 0 Å². The third-order valence-corrected chi connectivity index (χ3v) is 2.52. The smallest absolute Gasteiger partial charge is 0.325 e. The first-order valence-corrected chi connectivity index (χ1v) is 5.99. The summed E-state index contributed by atoms with van der Waals surface area (Å²) in [5.41, 5.74) is 5.55. The fourth-order valence-corrected chi connectivity index (χ4v) is 1.56. The van der Waals surface area contributed by atoms with E-state index in [0.717, 1.165) is 6.07 Å². The van der Waals surface area contributed by atoms with Crippen molar-refractivity contribution < 1.29 is 18.7 Å². The van der Waals surface area contributed by atoms with Crippen LogP contribution in [0.2, 0.25) is 0 Å². The van der Waals surface area contributed by atoms with Gasteiger partial charge in [-0.3, -0.25) is 9.59 Å². The van der Waals surface area contributed by atoms with Crippen molar-refractivity contribution in [1.82, 2.24) is 4.90 Å². The number of nitrogens with zero attached hydrogens (tertiary/aromatic N) is 1. The molecule has 1 aromatic carbocycles. The molecule has 0 aliphatic rings. The number of hydrogen-bond donors (Lipinski definition) is 1. The zero-order valence-electron chi connectivity index (χ0n) is 11.0. The first-order valence-electron chi connectivity index (χ1n) is 5.99. The van der Waals surface area contributed by atoms with Crippen LogP contribution in [0.1, 0.15) is 24.2 Å². The average molecular weight is 268 g/mol. The number of carbonyl (C=O) groups excluding carboxylic acids is 2. The lowest BCUT2D eigenvalue weighted by molar-refractivity contribution is -0.143. The molecule has 0 bridgehead atoms. The molecule has 1 amide bonds. The number of benzene rings is 1. The normalized spacial score (nSPS) is 10.1. The topological polar surface area (TPSA) is 72.6 Å². The molecule has 19 heavy (non-hydrogen) atoms. The Kier molecular flexibility index (Phi) is 5.29. The van der Waals surface area contributed by atoms with Crippen molar-refractivity contribution >= 4 is 17.6 Å². The highest BCUT2D eigenvalue weighted by atomic mass is 19.1. The maximum Gasteiger partial charge on any atom is 0.325 e. The first-order chi connectivity index (χ1) is 8.99. The maximum absolute atomic E-state index is 13.6. The molecular formula is C13H17FN2O3. The molecule has 0 fully saturated rings. The molecular weight excluding hydrogens is 251 g/mol. The van der Waals surface area contributed by atoms with Crippen LogP contribution < -0.4 is 5.73 Å². The van der Waals surface area contributed by atoms with Gasteiger partial charge in [-0.15, -0.1) is 0 Å². The molecule has 1 aromatic rings. The van der Waals surface area contributed by atoms with E-state index in [4.69, 9.17) is 10.5 Å². The van der Waals surface area contributed by atoms with E-state index in [1.54, 1.807) is 13.8 Å². The lowest BCUT2D eigenvalue weighted by Crippen LogP contribution is -2.36. The Morgan fingerprint density at radius 1 is 1.37 bits per heavy atom. The van der Waals surface area contributed by atoms with Gasteiger partial charge in [-0.2, -0.15) is 0 Å². The Bertz CT molecular complexity index is 477. The molecule has 0 heterocycles. The molecule has 0 aromatic heterocycles. The molecule has 0 spiro atoms. The van der Waals surface area contributed by atoms with Gasteiger partial charge in [0.2, 0.25) is 0 Å². The monoisotopic (exact) mass is 268 g/mol. The second-order valence-corrected chi connectivity index (χ2v) is 3.86. The van der Waals surface area contributed by atoms with Gasteiger partial charge in [-0.05, 0) is 32.0 Å². The second-order valence-electron chi connectivity index (χ2n) is 3.86. The molecule has 0 atom stereocenters. The van der Waals surface area contributed by atoms with Crippen LogP contribution in [0.5, 0.6) is 0 Å². The summed E-state index contributed by atoms with van der Waals surface area (Å²) >= 11 is 0. The summed E-state index contributed by atoms with van der Waals surface area (Å²) in [6.45, 7) is 3.69. The van der Waals surface area contributed by atoms with E-state index in [2.05, 4.69) is 0 Å². The molecule has 6 heteroatoms. The molecule has 0 aliphatic carbocycles. The van der Waals surface area contributed by atoms with Crippen molar-refractivity contribution in [3.05, 3.63) is 29.6 Å². The number of carbonyl (C=O) groups is 2. The molecule has 2 N–H and O–H groups in total. The third kappa shape index (κ3) is 3.94. The van der Waals surface area contributed by atoms with Crippen LogP contribution in [0.4, 0.5) is 10.1 Å². The molecule has 1 rings (SSSR count). The zero-order chi connectivity index (χ0) is 14.4. The van der Waals surface area contributed by atoms with E-state index < -0.39 is 17.7 Å². The van der Waals surface area contributed by atoms with E-state index in [1.807, 2.05) is 0 Å². The highest BCUT2D eigenvalue weighted by Crippen LogP contribution is 2.14. The lowest BCUT2D eigenvalue weighted by Gasteiger charge is -2.20. The van der Waals surface area contributed by atoms with Gasteiger partial charge in [0.1, 0.15) is 12.4 Å². The highest BCUT2D eigenvalue weighted by Gasteiger charge is 2.20. The van der Waals surface area contributed by atoms with Gasteiger partial charge in [0.15, 0.2) is 0 Å². The zero-order valence-corrected chi connectivity index (χ0v) is 11.0. The number of anilines is 1. The van der Waals surface area contributed by atoms with E-state index in [9.17, 15) is 14.0 Å². The summed E-state index contributed by atoms with van der Waals surface area (Å²) < 4.78 is 18.4. The fourth-order valence-electron chi connectivity index (χ4n) is 1.56. The number of rotatable bonds is 5. The average Bonchev–Trinajstić information content (AvgIpc) is 2.35. The largest absolute Gasteiger partial charge is 0.465 e. The number of nitrogens with two attached hydrogens (primary N) is 1. The molecule has 0 radical (unpaired) electrons. The van der Waals surface area contributed by atoms with Crippen molar-refractivity contribution in [2.24, 2.45) is 0 Å². The summed E-state index contributed by atoms with van der Waals surface area (Å²) in [6.07, 6.45) is 0. The van der Waals surface area contributed by atoms with Crippen molar-refractivity contribution in [2.45, 2.75) is 13.8 Å². The molecule has 0 saturated heterocycles. The van der Waals surface area contributed by atoms with E-state index in [-0.39, 0.29) is 30.9 Å². The van der Waals surface area contributed by atoms with Crippen molar-refractivity contribution in [2.75, 3.05) is 25.4 Å². The Labute approximate surface area is 111 Å². The van der Waals surface area contributed by atoms with Gasteiger partial charge in [0, 0.05) is 12.2 Å². The molecule has 5 nitrogen and oxygen atoms in total. The first kappa shape index (κ1) is 14.9. The molecule has 104 valence electrons. The number of amides is 1. The van der Waals surface area contributed by atoms with Gasteiger partial charge in [0.05, 0.1) is 12.2 Å². The van der Waals surface area contributed by atoms with Crippen molar-refractivity contribution in [3.63, 3.8) is 0 Å². The minimum absolute atomic E-state index is 0.111. The lowest BCUT2D eigenvalue weighted by atomic mass is 10.1. The molecule has 0 aliphatic heterocycles. The number of hydrogen-bond acceptors (Lipinski definition) is 4. The van der Waals surface area contributed by atoms with Gasteiger partial charge in [0.25, 0.3) is 5.91 Å². The predicted octanol–water partition coefficient (Wildman–Crippen LogP) is 1.43. The molecule has 0 unspecified atom stereocenters. The van der Waals surface area contributed by atoms with Crippen LogP contribution in [0.3, 0.4) is 0 Å². The SMILES string of the molecule is CCOC(=O)CN(CC)C(=O)c1ccc(N)cc1F. The molecule has 0 saturated carbocycles. The highest BCUT2D eigenvalue weighted by molar-refractivity contribution is 5.96. The fraction of sp³-hybridized carbons (Fsp3) is 0.385. The predicted molar refractivity (Wildman–Crippen MR) is 69.0 cm³/mol. The van der Waals surface area contributed by atoms with E-state index in [0.29, 0.717) is 0 Å². The van der Waals surface area contributed by atoms with E-state index >= 15 is 0 Å². The van der Waals surface area contributed by atoms with Crippen LogP contribution in [-0.2, 0) is 9.53 Å². The van der Waals surface area contributed by atoms with Crippen LogP contribution in [0, 0.1) is 5.82 Å². The summed E-state index contributed by atoms with van der Waals surface area (Å²) in [7, 11) is 0. The number of esters is 1. The summed E-state index contributed by atoms with van der Waals surface area (Å²) in [4.78, 5) is 24.7. The Morgan fingerprint density at radius 3 is 2.58 bits per heavy atom. The minimum Gasteiger partial charge on any atom is -0.465 e. The van der Waals surface area contributed by atoms with Crippen LogP contribution >= 0.6 is 0 Å². The summed E-state index contributed by atoms with van der Waals surface area (Å²) in [6, 6.07) is 3.82. The Hall–Kier alpha value is -2.11. The van der Waals surface area contributed by atoms with Gasteiger partial charge in [-0.1, -0.05) is 0 Å². The third-order valence-electron chi connectivity index (χ3n) is 2.52. The number of ether oxygens (including phenoxy) is 1. The van der Waals surface area contributed by atoms with Crippen LogP contribution in [0.15, 0.2) is 18.2 Å². The second kappa shape index (κ2) is 6.72. The summed E-state index contributed by atoms with van der Waals surface area (Å²) in [5.74, 6) is -1.78. The maximum atomic E-state index is 13.6. The minimum atomic E-state index is -0.702. The Morgan fingerprint density at radius 2 is 2.05 bits per heavy atom. The number of likely N-dealkylation sites (N-methyl/N-ethyl adjacent to an activating group) is 1. The Balaban J connectivity index is 2.86. The number of nitrogen functional groups attached to an aromatic ring is 1.